The zero-order chi connectivity index (χ0) is 12.8. The van der Waals surface area contributed by atoms with Gasteiger partial charge in [-0.3, -0.25) is 4.90 Å². The number of hydrogen-bond donors (Lipinski definition) is 1. The molecule has 4 nitrogen and oxygen atoms in total. The first-order valence-corrected chi connectivity index (χ1v) is 7.82. The molecule has 0 bridgehead atoms. The van der Waals surface area contributed by atoms with Crippen LogP contribution in [-0.4, -0.2) is 28.2 Å². The van der Waals surface area contributed by atoms with Crippen molar-refractivity contribution in [2.45, 2.75) is 26.9 Å². The van der Waals surface area contributed by atoms with Crippen molar-refractivity contribution in [2.24, 2.45) is 0 Å². The smallest absolute Gasteiger partial charge is 0.205 e. The van der Waals surface area contributed by atoms with Crippen molar-refractivity contribution >= 4 is 27.8 Å². The standard InChI is InChI=1S/C12H18N4S2/c1-3-13-12-15-14-11(18-12)9-16(4-2)8-10-6-5-7-17-10/h5-7H,3-4,8-9H2,1-2H3,(H,13,15). The lowest BCUT2D eigenvalue weighted by atomic mass is 10.4. The van der Waals surface area contributed by atoms with Crippen molar-refractivity contribution in [1.29, 1.82) is 0 Å². The fourth-order valence-electron chi connectivity index (χ4n) is 1.63. The van der Waals surface area contributed by atoms with Crippen LogP contribution in [0.1, 0.15) is 23.7 Å². The molecular weight excluding hydrogens is 264 g/mol. The van der Waals surface area contributed by atoms with Crippen molar-refractivity contribution in [3.8, 4) is 0 Å². The summed E-state index contributed by atoms with van der Waals surface area (Å²) in [6.07, 6.45) is 0. The predicted octanol–water partition coefficient (Wildman–Crippen LogP) is 3.05. The third-order valence-corrected chi connectivity index (χ3v) is 4.29. The Morgan fingerprint density at radius 1 is 1.28 bits per heavy atom. The average Bonchev–Trinajstić information content (AvgIpc) is 3.01. The van der Waals surface area contributed by atoms with Crippen molar-refractivity contribution in [2.75, 3.05) is 18.4 Å². The van der Waals surface area contributed by atoms with E-state index in [9.17, 15) is 0 Å². The number of thiophene rings is 1. The molecule has 2 rings (SSSR count). The highest BCUT2D eigenvalue weighted by molar-refractivity contribution is 7.15. The lowest BCUT2D eigenvalue weighted by Crippen LogP contribution is -2.21. The SMILES string of the molecule is CCNc1nnc(CN(CC)Cc2cccs2)s1. The van der Waals surface area contributed by atoms with Gasteiger partial charge >= 0.3 is 0 Å². The van der Waals surface area contributed by atoms with E-state index in [1.807, 2.05) is 0 Å². The van der Waals surface area contributed by atoms with Gasteiger partial charge in [-0.15, -0.1) is 21.5 Å². The molecule has 0 saturated heterocycles. The Morgan fingerprint density at radius 3 is 2.83 bits per heavy atom. The second kappa shape index (κ2) is 6.82. The third-order valence-electron chi connectivity index (χ3n) is 2.56. The van der Waals surface area contributed by atoms with Gasteiger partial charge in [-0.25, -0.2) is 0 Å². The van der Waals surface area contributed by atoms with Gasteiger partial charge in [0.2, 0.25) is 5.13 Å². The second-order valence-corrected chi connectivity index (χ2v) is 6.01. The summed E-state index contributed by atoms with van der Waals surface area (Å²) in [5.74, 6) is 0. The second-order valence-electron chi connectivity index (χ2n) is 3.91. The van der Waals surface area contributed by atoms with E-state index in [0.717, 1.165) is 36.3 Å². The number of nitrogens with one attached hydrogen (secondary N) is 1. The summed E-state index contributed by atoms with van der Waals surface area (Å²) >= 11 is 3.45. The maximum absolute atomic E-state index is 4.22. The van der Waals surface area contributed by atoms with Gasteiger partial charge in [0.25, 0.3) is 0 Å². The number of nitrogens with zero attached hydrogens (tertiary/aromatic N) is 3. The molecule has 1 N–H and O–H groups in total. The number of aromatic nitrogens is 2. The Kier molecular flexibility index (Phi) is 5.10. The van der Waals surface area contributed by atoms with Crippen LogP contribution in [0.15, 0.2) is 17.5 Å². The fourth-order valence-corrected chi connectivity index (χ4v) is 3.23. The van der Waals surface area contributed by atoms with Gasteiger partial charge in [-0.1, -0.05) is 24.3 Å². The minimum absolute atomic E-state index is 0.872. The molecule has 2 aromatic heterocycles. The normalized spacial score (nSPS) is 11.1. The van der Waals surface area contributed by atoms with Crippen LogP contribution in [-0.2, 0) is 13.1 Å². The van der Waals surface area contributed by atoms with E-state index >= 15 is 0 Å². The Bertz CT molecular complexity index is 452. The monoisotopic (exact) mass is 282 g/mol. The number of hydrogen-bond acceptors (Lipinski definition) is 6. The third kappa shape index (κ3) is 3.76. The number of anilines is 1. The molecule has 2 aromatic rings. The highest BCUT2D eigenvalue weighted by Crippen LogP contribution is 2.18. The Labute approximate surface area is 116 Å². The van der Waals surface area contributed by atoms with Crippen LogP contribution < -0.4 is 5.32 Å². The van der Waals surface area contributed by atoms with E-state index in [0.29, 0.717) is 0 Å². The van der Waals surface area contributed by atoms with Gasteiger partial charge in [-0.05, 0) is 24.9 Å². The van der Waals surface area contributed by atoms with Crippen LogP contribution in [0.3, 0.4) is 0 Å². The predicted molar refractivity (Wildman–Crippen MR) is 78.2 cm³/mol. The summed E-state index contributed by atoms with van der Waals surface area (Å²) in [5.41, 5.74) is 0. The lowest BCUT2D eigenvalue weighted by Gasteiger charge is -2.17. The molecule has 0 amide bonds. The van der Waals surface area contributed by atoms with Crippen LogP contribution in [0.5, 0.6) is 0 Å². The molecule has 0 unspecified atom stereocenters. The molecule has 0 fully saturated rings. The van der Waals surface area contributed by atoms with Crippen molar-refractivity contribution in [1.82, 2.24) is 15.1 Å². The molecule has 0 radical (unpaired) electrons. The topological polar surface area (TPSA) is 41.1 Å². The van der Waals surface area contributed by atoms with Crippen molar-refractivity contribution in [3.05, 3.63) is 27.4 Å². The Morgan fingerprint density at radius 2 is 2.17 bits per heavy atom. The molecular formula is C12H18N4S2. The average molecular weight is 282 g/mol. The van der Waals surface area contributed by atoms with E-state index in [-0.39, 0.29) is 0 Å². The van der Waals surface area contributed by atoms with Crippen LogP contribution in [0.2, 0.25) is 0 Å². The van der Waals surface area contributed by atoms with Crippen LogP contribution in [0, 0.1) is 0 Å². The molecule has 6 heteroatoms. The minimum atomic E-state index is 0.872. The highest BCUT2D eigenvalue weighted by atomic mass is 32.1. The molecule has 2 heterocycles. The zero-order valence-electron chi connectivity index (χ0n) is 10.7. The van der Waals surface area contributed by atoms with Crippen LogP contribution in [0.25, 0.3) is 0 Å². The molecule has 0 spiro atoms. The molecule has 0 atom stereocenters. The molecule has 98 valence electrons. The molecule has 0 aliphatic carbocycles. The first-order chi connectivity index (χ1) is 8.81. The minimum Gasteiger partial charge on any atom is -0.360 e. The summed E-state index contributed by atoms with van der Waals surface area (Å²) in [4.78, 5) is 3.77. The fraction of sp³-hybridized carbons (Fsp3) is 0.500. The Hall–Kier alpha value is -0.980. The van der Waals surface area contributed by atoms with E-state index in [1.165, 1.54) is 4.88 Å². The first-order valence-electron chi connectivity index (χ1n) is 6.12. The summed E-state index contributed by atoms with van der Waals surface area (Å²) in [6, 6.07) is 4.28. The molecule has 18 heavy (non-hydrogen) atoms. The Balaban J connectivity index is 1.92. The maximum Gasteiger partial charge on any atom is 0.205 e. The molecule has 0 saturated carbocycles. The van der Waals surface area contributed by atoms with E-state index in [4.69, 9.17) is 0 Å². The quantitative estimate of drug-likeness (QED) is 0.847. The van der Waals surface area contributed by atoms with Crippen LogP contribution >= 0.6 is 22.7 Å². The van der Waals surface area contributed by atoms with Gasteiger partial charge in [-0.2, -0.15) is 0 Å². The van der Waals surface area contributed by atoms with Gasteiger partial charge < -0.3 is 5.32 Å². The highest BCUT2D eigenvalue weighted by Gasteiger charge is 2.09. The molecule has 0 aromatic carbocycles. The summed E-state index contributed by atoms with van der Waals surface area (Å²) < 4.78 is 0. The van der Waals surface area contributed by atoms with Gasteiger partial charge in [0.1, 0.15) is 5.01 Å². The van der Waals surface area contributed by atoms with Gasteiger partial charge in [0, 0.05) is 18.0 Å². The van der Waals surface area contributed by atoms with E-state index < -0.39 is 0 Å². The van der Waals surface area contributed by atoms with Gasteiger partial charge in [0.15, 0.2) is 0 Å². The lowest BCUT2D eigenvalue weighted by molar-refractivity contribution is 0.273. The summed E-state index contributed by atoms with van der Waals surface area (Å²) in [5, 5.41) is 15.6. The van der Waals surface area contributed by atoms with Gasteiger partial charge in [0.05, 0.1) is 6.54 Å². The molecule has 0 aliphatic heterocycles. The number of rotatable bonds is 7. The zero-order valence-corrected chi connectivity index (χ0v) is 12.4. The molecule has 0 aliphatic rings. The van der Waals surface area contributed by atoms with E-state index in [1.54, 1.807) is 22.7 Å². The summed E-state index contributed by atoms with van der Waals surface area (Å²) in [7, 11) is 0. The largest absolute Gasteiger partial charge is 0.360 e. The first kappa shape index (κ1) is 13.5. The van der Waals surface area contributed by atoms with Crippen molar-refractivity contribution < 1.29 is 0 Å². The maximum atomic E-state index is 4.22. The van der Waals surface area contributed by atoms with Crippen molar-refractivity contribution in [3.63, 3.8) is 0 Å². The van der Waals surface area contributed by atoms with Crippen LogP contribution in [0.4, 0.5) is 5.13 Å². The summed E-state index contributed by atoms with van der Waals surface area (Å²) in [6.45, 7) is 8.02. The van der Waals surface area contributed by atoms with E-state index in [2.05, 4.69) is 51.8 Å².